The van der Waals surface area contributed by atoms with Crippen LogP contribution < -0.4 is 5.32 Å². The number of aliphatic hydroxyl groups excluding tert-OH is 1. The van der Waals surface area contributed by atoms with Crippen molar-refractivity contribution in [2.75, 3.05) is 6.54 Å². The fraction of sp³-hybridized carbons (Fsp3) is 0.467. The van der Waals surface area contributed by atoms with Gasteiger partial charge in [0.1, 0.15) is 0 Å². The van der Waals surface area contributed by atoms with Gasteiger partial charge in [0.2, 0.25) is 0 Å². The number of hydrogen-bond acceptors (Lipinski definition) is 2. The van der Waals surface area contributed by atoms with Crippen LogP contribution in [0.3, 0.4) is 0 Å². The SMILES string of the molecule is CCNCc1cn(CCC(C)O)c2cc(Cl)ccc12. The van der Waals surface area contributed by atoms with Gasteiger partial charge in [-0.25, -0.2) is 0 Å². The molecule has 1 aromatic carbocycles. The zero-order valence-electron chi connectivity index (χ0n) is 11.5. The van der Waals surface area contributed by atoms with E-state index in [1.807, 2.05) is 19.1 Å². The number of benzene rings is 1. The summed E-state index contributed by atoms with van der Waals surface area (Å²) in [6.45, 7) is 6.53. The van der Waals surface area contributed by atoms with Crippen LogP contribution in [0.1, 0.15) is 25.8 Å². The van der Waals surface area contributed by atoms with E-state index in [0.717, 1.165) is 36.6 Å². The van der Waals surface area contributed by atoms with Gasteiger partial charge in [-0.3, -0.25) is 0 Å². The highest BCUT2D eigenvalue weighted by Crippen LogP contribution is 2.25. The summed E-state index contributed by atoms with van der Waals surface area (Å²) in [6.07, 6.45) is 2.62. The Morgan fingerprint density at radius 2 is 2.21 bits per heavy atom. The number of nitrogens with one attached hydrogen (secondary N) is 1. The smallest absolute Gasteiger partial charge is 0.0529 e. The fourth-order valence-corrected chi connectivity index (χ4v) is 2.42. The van der Waals surface area contributed by atoms with E-state index in [0.29, 0.717) is 0 Å². The third-order valence-corrected chi connectivity index (χ3v) is 3.52. The molecular formula is C15H21ClN2O. The Hall–Kier alpha value is -1.03. The number of rotatable bonds is 6. The van der Waals surface area contributed by atoms with E-state index in [1.54, 1.807) is 0 Å². The average Bonchev–Trinajstić information content (AvgIpc) is 2.71. The first kappa shape index (κ1) is 14.4. The maximum Gasteiger partial charge on any atom is 0.0529 e. The number of aromatic nitrogens is 1. The van der Waals surface area contributed by atoms with Crippen molar-refractivity contribution in [1.82, 2.24) is 9.88 Å². The minimum Gasteiger partial charge on any atom is -0.393 e. The van der Waals surface area contributed by atoms with Gasteiger partial charge >= 0.3 is 0 Å². The van der Waals surface area contributed by atoms with Crippen LogP contribution in [0.2, 0.25) is 5.02 Å². The standard InChI is InChI=1S/C15H21ClN2O/c1-3-17-9-12-10-18(7-6-11(2)19)15-8-13(16)4-5-14(12)15/h4-5,8,10-11,17,19H,3,6-7,9H2,1-2H3. The molecule has 0 saturated heterocycles. The van der Waals surface area contributed by atoms with Crippen molar-refractivity contribution in [2.45, 2.75) is 39.5 Å². The van der Waals surface area contributed by atoms with Crippen LogP contribution in [0.25, 0.3) is 10.9 Å². The first-order chi connectivity index (χ1) is 9.11. The third kappa shape index (κ3) is 3.50. The number of aryl methyl sites for hydroxylation is 1. The van der Waals surface area contributed by atoms with E-state index in [2.05, 4.69) is 29.1 Å². The molecule has 2 rings (SSSR count). The zero-order valence-corrected chi connectivity index (χ0v) is 12.2. The van der Waals surface area contributed by atoms with Crippen LogP contribution in [0.4, 0.5) is 0 Å². The normalized spacial score (nSPS) is 13.1. The van der Waals surface area contributed by atoms with Crippen molar-refractivity contribution in [3.8, 4) is 0 Å². The van der Waals surface area contributed by atoms with Gasteiger partial charge in [0, 0.05) is 35.2 Å². The molecule has 1 atom stereocenters. The summed E-state index contributed by atoms with van der Waals surface area (Å²) in [7, 11) is 0. The number of hydrogen-bond donors (Lipinski definition) is 2. The first-order valence-electron chi connectivity index (χ1n) is 6.78. The Bertz CT molecular complexity index is 548. The maximum atomic E-state index is 9.44. The molecular weight excluding hydrogens is 260 g/mol. The fourth-order valence-electron chi connectivity index (χ4n) is 2.25. The minimum atomic E-state index is -0.283. The van der Waals surface area contributed by atoms with Crippen LogP contribution in [-0.2, 0) is 13.1 Å². The van der Waals surface area contributed by atoms with E-state index < -0.39 is 0 Å². The van der Waals surface area contributed by atoms with Crippen molar-refractivity contribution in [3.63, 3.8) is 0 Å². The number of aliphatic hydroxyl groups is 1. The lowest BCUT2D eigenvalue weighted by Gasteiger charge is -2.07. The summed E-state index contributed by atoms with van der Waals surface area (Å²) < 4.78 is 2.18. The van der Waals surface area contributed by atoms with Gasteiger partial charge in [0.15, 0.2) is 0 Å². The van der Waals surface area contributed by atoms with E-state index >= 15 is 0 Å². The van der Waals surface area contributed by atoms with Gasteiger partial charge in [0.05, 0.1) is 6.10 Å². The number of fused-ring (bicyclic) bond motifs is 1. The average molecular weight is 281 g/mol. The second-order valence-corrected chi connectivity index (χ2v) is 5.36. The molecule has 0 fully saturated rings. The molecule has 0 saturated carbocycles. The predicted octanol–water partition coefficient (Wildman–Crippen LogP) is 3.18. The highest BCUT2D eigenvalue weighted by Gasteiger charge is 2.09. The molecule has 1 heterocycles. The molecule has 2 aromatic rings. The van der Waals surface area contributed by atoms with Gasteiger partial charge in [0.25, 0.3) is 0 Å². The van der Waals surface area contributed by atoms with E-state index in [-0.39, 0.29) is 6.10 Å². The molecule has 0 spiro atoms. The molecule has 1 unspecified atom stereocenters. The summed E-state index contributed by atoms with van der Waals surface area (Å²) in [5.74, 6) is 0. The molecule has 0 bridgehead atoms. The number of nitrogens with zero attached hydrogens (tertiary/aromatic N) is 1. The Morgan fingerprint density at radius 3 is 2.89 bits per heavy atom. The highest BCUT2D eigenvalue weighted by molar-refractivity contribution is 6.31. The van der Waals surface area contributed by atoms with E-state index in [9.17, 15) is 5.11 Å². The molecule has 19 heavy (non-hydrogen) atoms. The first-order valence-corrected chi connectivity index (χ1v) is 7.15. The summed E-state index contributed by atoms with van der Waals surface area (Å²) >= 11 is 6.09. The molecule has 4 heteroatoms. The second kappa shape index (κ2) is 6.42. The summed E-state index contributed by atoms with van der Waals surface area (Å²) in [4.78, 5) is 0. The van der Waals surface area contributed by atoms with E-state index in [1.165, 1.54) is 10.9 Å². The van der Waals surface area contributed by atoms with Gasteiger partial charge in [-0.05, 0) is 37.6 Å². The van der Waals surface area contributed by atoms with Crippen LogP contribution in [0.5, 0.6) is 0 Å². The largest absolute Gasteiger partial charge is 0.393 e. The number of halogens is 1. The van der Waals surface area contributed by atoms with Crippen LogP contribution in [0.15, 0.2) is 24.4 Å². The van der Waals surface area contributed by atoms with Gasteiger partial charge in [-0.2, -0.15) is 0 Å². The van der Waals surface area contributed by atoms with Crippen molar-refractivity contribution < 1.29 is 5.11 Å². The molecule has 104 valence electrons. The minimum absolute atomic E-state index is 0.283. The Labute approximate surface area is 119 Å². The molecule has 2 N–H and O–H groups in total. The van der Waals surface area contributed by atoms with Gasteiger partial charge < -0.3 is 15.0 Å². The zero-order chi connectivity index (χ0) is 13.8. The van der Waals surface area contributed by atoms with Crippen LogP contribution in [-0.4, -0.2) is 22.3 Å². The molecule has 0 aliphatic carbocycles. The highest BCUT2D eigenvalue weighted by atomic mass is 35.5. The quantitative estimate of drug-likeness (QED) is 0.853. The second-order valence-electron chi connectivity index (χ2n) is 4.93. The summed E-state index contributed by atoms with van der Waals surface area (Å²) in [5.41, 5.74) is 2.42. The molecule has 1 aromatic heterocycles. The predicted molar refractivity (Wildman–Crippen MR) is 80.6 cm³/mol. The van der Waals surface area contributed by atoms with Gasteiger partial charge in [-0.1, -0.05) is 24.6 Å². The van der Waals surface area contributed by atoms with E-state index in [4.69, 9.17) is 11.6 Å². The molecule has 0 radical (unpaired) electrons. The van der Waals surface area contributed by atoms with Crippen molar-refractivity contribution >= 4 is 22.5 Å². The maximum absolute atomic E-state index is 9.44. The lowest BCUT2D eigenvalue weighted by molar-refractivity contribution is 0.178. The Morgan fingerprint density at radius 1 is 1.42 bits per heavy atom. The lowest BCUT2D eigenvalue weighted by Crippen LogP contribution is -2.11. The summed E-state index contributed by atoms with van der Waals surface area (Å²) in [5, 5.41) is 14.8. The Kier molecular flexibility index (Phi) is 4.86. The van der Waals surface area contributed by atoms with Gasteiger partial charge in [-0.15, -0.1) is 0 Å². The molecule has 0 aliphatic rings. The monoisotopic (exact) mass is 280 g/mol. The van der Waals surface area contributed by atoms with Crippen molar-refractivity contribution in [3.05, 3.63) is 35.0 Å². The molecule has 0 amide bonds. The third-order valence-electron chi connectivity index (χ3n) is 3.28. The lowest BCUT2D eigenvalue weighted by atomic mass is 10.2. The van der Waals surface area contributed by atoms with Crippen LogP contribution in [0, 0.1) is 0 Å². The van der Waals surface area contributed by atoms with Crippen molar-refractivity contribution in [2.24, 2.45) is 0 Å². The van der Waals surface area contributed by atoms with Crippen LogP contribution >= 0.6 is 11.6 Å². The summed E-state index contributed by atoms with van der Waals surface area (Å²) in [6, 6.07) is 6.00. The molecule has 3 nitrogen and oxygen atoms in total. The Balaban J connectivity index is 2.35. The van der Waals surface area contributed by atoms with Crippen molar-refractivity contribution in [1.29, 1.82) is 0 Å². The topological polar surface area (TPSA) is 37.2 Å². The molecule has 0 aliphatic heterocycles.